The topological polar surface area (TPSA) is 26.0 Å². The molecule has 0 radical (unpaired) electrons. The molecule has 0 amide bonds. The van der Waals surface area contributed by atoms with Crippen LogP contribution in [0.15, 0.2) is 18.2 Å². The molecule has 1 aromatic rings. The van der Waals surface area contributed by atoms with Gasteiger partial charge in [0.1, 0.15) is 5.82 Å². The Hall–Kier alpha value is -0.310. The Labute approximate surface area is 101 Å². The van der Waals surface area contributed by atoms with Crippen molar-refractivity contribution >= 4 is 24.0 Å². The number of benzene rings is 1. The van der Waals surface area contributed by atoms with Crippen LogP contribution in [0.25, 0.3) is 0 Å². The third-order valence-electron chi connectivity index (χ3n) is 2.11. The van der Waals surface area contributed by atoms with Gasteiger partial charge in [0.05, 0.1) is 5.02 Å². The third kappa shape index (κ3) is 3.98. The van der Waals surface area contributed by atoms with Crippen molar-refractivity contribution in [1.29, 1.82) is 0 Å². The first-order chi connectivity index (χ1) is 6.52. The first kappa shape index (κ1) is 14.7. The van der Waals surface area contributed by atoms with Crippen LogP contribution < -0.4 is 5.73 Å². The highest BCUT2D eigenvalue weighted by Crippen LogP contribution is 2.27. The van der Waals surface area contributed by atoms with E-state index in [0.717, 1.165) is 6.42 Å². The first-order valence-corrected chi connectivity index (χ1v) is 5.09. The van der Waals surface area contributed by atoms with E-state index in [9.17, 15) is 4.39 Å². The van der Waals surface area contributed by atoms with E-state index in [1.54, 1.807) is 12.1 Å². The molecule has 4 heteroatoms. The largest absolute Gasteiger partial charge is 0.324 e. The van der Waals surface area contributed by atoms with Gasteiger partial charge in [-0.3, -0.25) is 0 Å². The lowest BCUT2D eigenvalue weighted by atomic mass is 9.98. The van der Waals surface area contributed by atoms with Gasteiger partial charge in [-0.25, -0.2) is 4.39 Å². The molecule has 86 valence electrons. The number of rotatable bonds is 3. The Balaban J connectivity index is 0.00000196. The van der Waals surface area contributed by atoms with Crippen LogP contribution in [0, 0.1) is 11.7 Å². The molecule has 0 bridgehead atoms. The van der Waals surface area contributed by atoms with Crippen LogP contribution in [0.1, 0.15) is 31.9 Å². The summed E-state index contributed by atoms with van der Waals surface area (Å²) in [6, 6.07) is 4.57. The highest BCUT2D eigenvalue weighted by molar-refractivity contribution is 6.31. The predicted molar refractivity (Wildman–Crippen MR) is 65.0 cm³/mol. The average Bonchev–Trinajstić information content (AvgIpc) is 2.08. The van der Waals surface area contributed by atoms with Crippen molar-refractivity contribution in [3.05, 3.63) is 34.6 Å². The van der Waals surface area contributed by atoms with Crippen molar-refractivity contribution in [1.82, 2.24) is 0 Å². The van der Waals surface area contributed by atoms with Crippen LogP contribution in [0.2, 0.25) is 5.02 Å². The highest BCUT2D eigenvalue weighted by atomic mass is 35.5. The van der Waals surface area contributed by atoms with E-state index in [-0.39, 0.29) is 23.5 Å². The van der Waals surface area contributed by atoms with Crippen molar-refractivity contribution in [2.24, 2.45) is 11.7 Å². The second-order valence-electron chi connectivity index (χ2n) is 3.88. The van der Waals surface area contributed by atoms with Crippen LogP contribution in [0.5, 0.6) is 0 Å². The molecule has 0 heterocycles. The van der Waals surface area contributed by atoms with Crippen LogP contribution >= 0.6 is 24.0 Å². The minimum absolute atomic E-state index is 0. The molecule has 2 N–H and O–H groups in total. The summed E-state index contributed by atoms with van der Waals surface area (Å²) in [5, 5.41) is 0.153. The van der Waals surface area contributed by atoms with Gasteiger partial charge in [-0.15, -0.1) is 12.4 Å². The molecule has 0 aliphatic rings. The molecule has 1 aromatic carbocycles. The van der Waals surface area contributed by atoms with Gasteiger partial charge in [-0.2, -0.15) is 0 Å². The standard InChI is InChI=1S/C11H15ClFN.ClH/c1-7(2)6-10(14)8-4-3-5-9(13)11(8)12;/h3-5,7,10H,6,14H2,1-2H3;1H/t10-;/m1./s1. The van der Waals surface area contributed by atoms with E-state index in [2.05, 4.69) is 13.8 Å². The Bertz CT molecular complexity index is 315. The molecule has 0 spiro atoms. The molecular formula is C11H16Cl2FN. The molecule has 0 aliphatic carbocycles. The van der Waals surface area contributed by atoms with Gasteiger partial charge in [0.15, 0.2) is 0 Å². The molecular weight excluding hydrogens is 236 g/mol. The van der Waals surface area contributed by atoms with Crippen LogP contribution in [-0.2, 0) is 0 Å². The summed E-state index contributed by atoms with van der Waals surface area (Å²) in [5.41, 5.74) is 6.61. The minimum atomic E-state index is -0.400. The van der Waals surface area contributed by atoms with Crippen LogP contribution in [0.3, 0.4) is 0 Å². The van der Waals surface area contributed by atoms with Gasteiger partial charge in [-0.05, 0) is 24.0 Å². The molecule has 0 saturated carbocycles. The summed E-state index contributed by atoms with van der Waals surface area (Å²) in [6.07, 6.45) is 0.809. The Morgan fingerprint density at radius 2 is 2.00 bits per heavy atom. The van der Waals surface area contributed by atoms with Gasteiger partial charge >= 0.3 is 0 Å². The van der Waals surface area contributed by atoms with Crippen LogP contribution in [-0.4, -0.2) is 0 Å². The van der Waals surface area contributed by atoms with Gasteiger partial charge in [0.2, 0.25) is 0 Å². The fourth-order valence-electron chi connectivity index (χ4n) is 1.44. The fourth-order valence-corrected chi connectivity index (χ4v) is 1.71. The molecule has 15 heavy (non-hydrogen) atoms. The summed E-state index contributed by atoms with van der Waals surface area (Å²) >= 11 is 5.82. The Kier molecular flexibility index (Phi) is 6.18. The summed E-state index contributed by atoms with van der Waals surface area (Å²) in [5.74, 6) is 0.0766. The molecule has 1 atom stereocenters. The zero-order valence-corrected chi connectivity index (χ0v) is 10.4. The Morgan fingerprint density at radius 1 is 1.40 bits per heavy atom. The summed E-state index contributed by atoms with van der Waals surface area (Å²) in [4.78, 5) is 0. The lowest BCUT2D eigenvalue weighted by molar-refractivity contribution is 0.507. The maximum atomic E-state index is 13.1. The molecule has 1 rings (SSSR count). The number of halogens is 3. The third-order valence-corrected chi connectivity index (χ3v) is 2.51. The maximum Gasteiger partial charge on any atom is 0.142 e. The maximum absolute atomic E-state index is 13.1. The molecule has 0 aliphatic heterocycles. The SMILES string of the molecule is CC(C)C[C@@H](N)c1cccc(F)c1Cl.Cl. The van der Waals surface area contributed by atoms with Gasteiger partial charge < -0.3 is 5.73 Å². The van der Waals surface area contributed by atoms with Gasteiger partial charge in [-0.1, -0.05) is 37.6 Å². The zero-order valence-electron chi connectivity index (χ0n) is 8.84. The van der Waals surface area contributed by atoms with Crippen molar-refractivity contribution in [2.75, 3.05) is 0 Å². The molecule has 0 aromatic heterocycles. The van der Waals surface area contributed by atoms with E-state index in [1.165, 1.54) is 6.07 Å². The lowest BCUT2D eigenvalue weighted by Gasteiger charge is -2.15. The zero-order chi connectivity index (χ0) is 10.7. The van der Waals surface area contributed by atoms with Crippen molar-refractivity contribution in [3.8, 4) is 0 Å². The second-order valence-corrected chi connectivity index (χ2v) is 4.26. The van der Waals surface area contributed by atoms with E-state index in [1.807, 2.05) is 0 Å². The van der Waals surface area contributed by atoms with Crippen molar-refractivity contribution in [3.63, 3.8) is 0 Å². The van der Waals surface area contributed by atoms with Crippen LogP contribution in [0.4, 0.5) is 4.39 Å². The van der Waals surface area contributed by atoms with E-state index < -0.39 is 5.82 Å². The molecule has 0 unspecified atom stereocenters. The monoisotopic (exact) mass is 251 g/mol. The lowest BCUT2D eigenvalue weighted by Crippen LogP contribution is -2.13. The van der Waals surface area contributed by atoms with E-state index in [0.29, 0.717) is 11.5 Å². The second kappa shape index (κ2) is 6.31. The smallest absolute Gasteiger partial charge is 0.142 e. The van der Waals surface area contributed by atoms with Gasteiger partial charge in [0, 0.05) is 6.04 Å². The highest BCUT2D eigenvalue weighted by Gasteiger charge is 2.13. The first-order valence-electron chi connectivity index (χ1n) is 4.72. The van der Waals surface area contributed by atoms with E-state index >= 15 is 0 Å². The molecule has 1 nitrogen and oxygen atoms in total. The number of nitrogens with two attached hydrogens (primary N) is 1. The van der Waals surface area contributed by atoms with Gasteiger partial charge in [0.25, 0.3) is 0 Å². The predicted octanol–water partition coefficient (Wildman–Crippen LogP) is 3.95. The summed E-state index contributed by atoms with van der Waals surface area (Å²) in [7, 11) is 0. The molecule has 0 saturated heterocycles. The number of hydrogen-bond donors (Lipinski definition) is 1. The minimum Gasteiger partial charge on any atom is -0.324 e. The summed E-state index contributed by atoms with van der Waals surface area (Å²) in [6.45, 7) is 4.15. The average molecular weight is 252 g/mol. The molecule has 0 fully saturated rings. The quantitative estimate of drug-likeness (QED) is 0.866. The Morgan fingerprint density at radius 3 is 2.53 bits per heavy atom. The summed E-state index contributed by atoms with van der Waals surface area (Å²) < 4.78 is 13.1. The van der Waals surface area contributed by atoms with Crippen molar-refractivity contribution < 1.29 is 4.39 Å². The van der Waals surface area contributed by atoms with Crippen molar-refractivity contribution in [2.45, 2.75) is 26.3 Å². The fraction of sp³-hybridized carbons (Fsp3) is 0.455. The number of hydrogen-bond acceptors (Lipinski definition) is 1. The van der Waals surface area contributed by atoms with E-state index in [4.69, 9.17) is 17.3 Å². The normalized spacial score (nSPS) is 12.4.